The number of carbonyl (C=O) groups is 3. The molecule has 1 aromatic rings. The van der Waals surface area contributed by atoms with Gasteiger partial charge in [-0.1, -0.05) is 5.21 Å². The Morgan fingerprint density at radius 1 is 1.19 bits per heavy atom. The molecule has 0 radical (unpaired) electrons. The van der Waals surface area contributed by atoms with Crippen molar-refractivity contribution in [3.8, 4) is 0 Å². The van der Waals surface area contributed by atoms with Crippen molar-refractivity contribution in [3.05, 3.63) is 11.4 Å². The zero-order valence-corrected chi connectivity index (χ0v) is 10.4. The van der Waals surface area contributed by atoms with Gasteiger partial charge in [0.1, 0.15) is 0 Å². The second-order valence-electron chi connectivity index (χ2n) is 4.25. The average molecular weight is 306 g/mol. The summed E-state index contributed by atoms with van der Waals surface area (Å²) >= 11 is 0. The van der Waals surface area contributed by atoms with Gasteiger partial charge in [-0.05, 0) is 0 Å². The lowest BCUT2D eigenvalue weighted by molar-refractivity contribution is -0.145. The first kappa shape index (κ1) is 14.9. The van der Waals surface area contributed by atoms with Gasteiger partial charge in [-0.2, -0.15) is 13.2 Å². The van der Waals surface area contributed by atoms with Gasteiger partial charge in [0, 0.05) is 19.4 Å². The number of alkyl halides is 3. The number of likely N-dealkylation sites (tertiary alicyclic amines) is 1. The van der Waals surface area contributed by atoms with Crippen LogP contribution < -0.4 is 0 Å². The number of rotatable bonds is 4. The molecule has 0 saturated carbocycles. The molecule has 21 heavy (non-hydrogen) atoms. The SMILES string of the molecule is O=C(O)c1nnn(CCN2C(=O)CCC2=O)c1C(F)(F)F. The van der Waals surface area contributed by atoms with Crippen LogP contribution in [0.25, 0.3) is 0 Å². The first-order chi connectivity index (χ1) is 9.71. The largest absolute Gasteiger partial charge is 0.476 e. The van der Waals surface area contributed by atoms with Crippen molar-refractivity contribution in [3.63, 3.8) is 0 Å². The molecule has 2 heterocycles. The van der Waals surface area contributed by atoms with Crippen molar-refractivity contribution in [2.45, 2.75) is 25.6 Å². The van der Waals surface area contributed by atoms with Gasteiger partial charge >= 0.3 is 12.1 Å². The predicted molar refractivity (Wildman–Crippen MR) is 57.9 cm³/mol. The zero-order chi connectivity index (χ0) is 15.8. The minimum Gasteiger partial charge on any atom is -0.476 e. The van der Waals surface area contributed by atoms with E-state index in [0.717, 1.165) is 4.90 Å². The van der Waals surface area contributed by atoms with Crippen LogP contribution in [0, 0.1) is 0 Å². The van der Waals surface area contributed by atoms with E-state index in [1.54, 1.807) is 0 Å². The second-order valence-corrected chi connectivity index (χ2v) is 4.25. The summed E-state index contributed by atoms with van der Waals surface area (Å²) in [6, 6.07) is 0. The minimum atomic E-state index is -4.96. The number of hydrogen-bond donors (Lipinski definition) is 1. The number of aromatic nitrogens is 3. The molecule has 8 nitrogen and oxygen atoms in total. The third-order valence-electron chi connectivity index (χ3n) is 2.90. The van der Waals surface area contributed by atoms with Gasteiger partial charge in [0.2, 0.25) is 17.5 Å². The van der Waals surface area contributed by atoms with Gasteiger partial charge in [0.05, 0.1) is 6.54 Å². The molecule has 1 N–H and O–H groups in total. The first-order valence-electron chi connectivity index (χ1n) is 5.79. The third kappa shape index (κ3) is 2.85. The standard InChI is InChI=1S/C10H9F3N4O4/c11-10(12,13)8-7(9(20)21)14-15-17(8)4-3-16-5(18)1-2-6(16)19/h1-4H2,(H,20,21). The van der Waals surface area contributed by atoms with E-state index in [1.807, 2.05) is 0 Å². The average Bonchev–Trinajstić information content (AvgIpc) is 2.91. The van der Waals surface area contributed by atoms with E-state index in [2.05, 4.69) is 10.3 Å². The molecule has 2 amide bonds. The van der Waals surface area contributed by atoms with Crippen molar-refractivity contribution in [1.82, 2.24) is 19.9 Å². The highest BCUT2D eigenvalue weighted by Crippen LogP contribution is 2.31. The van der Waals surface area contributed by atoms with Crippen LogP contribution in [0.3, 0.4) is 0 Å². The summed E-state index contributed by atoms with van der Waals surface area (Å²) in [5.74, 6) is -2.82. The number of carbonyl (C=O) groups excluding carboxylic acids is 2. The smallest absolute Gasteiger partial charge is 0.435 e. The van der Waals surface area contributed by atoms with Crippen molar-refractivity contribution in [2.24, 2.45) is 0 Å². The molecular weight excluding hydrogens is 297 g/mol. The molecule has 114 valence electrons. The highest BCUT2D eigenvalue weighted by Gasteiger charge is 2.41. The summed E-state index contributed by atoms with van der Waals surface area (Å²) in [4.78, 5) is 34.2. The summed E-state index contributed by atoms with van der Waals surface area (Å²) < 4.78 is 38.9. The number of nitrogens with zero attached hydrogens (tertiary/aromatic N) is 4. The summed E-state index contributed by atoms with van der Waals surface area (Å²) in [6.07, 6.45) is -4.93. The van der Waals surface area contributed by atoms with Crippen molar-refractivity contribution in [1.29, 1.82) is 0 Å². The summed E-state index contributed by atoms with van der Waals surface area (Å²) in [5.41, 5.74) is -2.74. The van der Waals surface area contributed by atoms with E-state index in [0.29, 0.717) is 4.68 Å². The second kappa shape index (κ2) is 5.14. The van der Waals surface area contributed by atoms with Crippen LogP contribution >= 0.6 is 0 Å². The number of hydrogen-bond acceptors (Lipinski definition) is 5. The molecule has 1 aliphatic heterocycles. The van der Waals surface area contributed by atoms with E-state index in [4.69, 9.17) is 5.11 Å². The van der Waals surface area contributed by atoms with Crippen LogP contribution in [0.15, 0.2) is 0 Å². The lowest BCUT2D eigenvalue weighted by atomic mass is 10.3. The normalized spacial score (nSPS) is 15.9. The number of aromatic carboxylic acids is 1. The molecule has 0 spiro atoms. The van der Waals surface area contributed by atoms with Gasteiger partial charge in [0.25, 0.3) is 0 Å². The zero-order valence-electron chi connectivity index (χ0n) is 10.4. The Morgan fingerprint density at radius 3 is 2.24 bits per heavy atom. The quantitative estimate of drug-likeness (QED) is 0.793. The van der Waals surface area contributed by atoms with Crippen LogP contribution in [0.4, 0.5) is 13.2 Å². The fourth-order valence-corrected chi connectivity index (χ4v) is 1.96. The number of halogens is 3. The molecule has 11 heteroatoms. The molecule has 1 fully saturated rings. The van der Waals surface area contributed by atoms with E-state index >= 15 is 0 Å². The molecule has 2 rings (SSSR count). The fraction of sp³-hybridized carbons (Fsp3) is 0.500. The highest BCUT2D eigenvalue weighted by atomic mass is 19.4. The van der Waals surface area contributed by atoms with Gasteiger partial charge in [-0.3, -0.25) is 14.5 Å². The van der Waals surface area contributed by atoms with Gasteiger partial charge < -0.3 is 5.11 Å². The maximum absolute atomic E-state index is 12.8. The molecule has 1 aliphatic rings. The van der Waals surface area contributed by atoms with Crippen LogP contribution in [-0.4, -0.2) is 49.3 Å². The van der Waals surface area contributed by atoms with Crippen molar-refractivity contribution in [2.75, 3.05) is 6.54 Å². The number of carboxylic acids is 1. The summed E-state index contributed by atoms with van der Waals surface area (Å²) in [6.45, 7) is -0.796. The topological polar surface area (TPSA) is 105 Å². The Hall–Kier alpha value is -2.46. The number of amides is 2. The molecule has 0 aliphatic carbocycles. The van der Waals surface area contributed by atoms with E-state index in [1.165, 1.54) is 0 Å². The van der Waals surface area contributed by atoms with Crippen molar-refractivity contribution < 1.29 is 32.7 Å². The van der Waals surface area contributed by atoms with E-state index in [-0.39, 0.29) is 19.4 Å². The maximum atomic E-state index is 12.8. The number of imide groups is 1. The molecule has 0 aromatic carbocycles. The maximum Gasteiger partial charge on any atom is 0.435 e. The van der Waals surface area contributed by atoms with Crippen LogP contribution in [0.2, 0.25) is 0 Å². The lowest BCUT2D eigenvalue weighted by Crippen LogP contribution is -2.33. The molecule has 0 atom stereocenters. The van der Waals surface area contributed by atoms with Crippen LogP contribution in [0.5, 0.6) is 0 Å². The Balaban J connectivity index is 2.23. The molecule has 1 saturated heterocycles. The Labute approximate surface area is 115 Å². The van der Waals surface area contributed by atoms with Gasteiger partial charge in [0.15, 0.2) is 5.69 Å². The molecule has 0 unspecified atom stereocenters. The van der Waals surface area contributed by atoms with Crippen LogP contribution in [0.1, 0.15) is 29.0 Å². The third-order valence-corrected chi connectivity index (χ3v) is 2.90. The summed E-state index contributed by atoms with van der Waals surface area (Å²) in [5, 5.41) is 14.8. The molecule has 0 bridgehead atoms. The van der Waals surface area contributed by atoms with Crippen LogP contribution in [-0.2, 0) is 22.3 Å². The molecule has 1 aromatic heterocycles. The Kier molecular flexibility index (Phi) is 3.66. The number of carboxylic acid groups (broad SMARTS) is 1. The van der Waals surface area contributed by atoms with E-state index in [9.17, 15) is 27.6 Å². The summed E-state index contributed by atoms with van der Waals surface area (Å²) in [7, 11) is 0. The van der Waals surface area contributed by atoms with Gasteiger partial charge in [-0.25, -0.2) is 9.48 Å². The Bertz CT molecular complexity index is 594. The van der Waals surface area contributed by atoms with E-state index < -0.39 is 41.9 Å². The highest BCUT2D eigenvalue weighted by molar-refractivity contribution is 6.01. The van der Waals surface area contributed by atoms with Gasteiger partial charge in [-0.15, -0.1) is 5.10 Å². The lowest BCUT2D eigenvalue weighted by Gasteiger charge is -2.15. The molecular formula is C10H9F3N4O4. The Morgan fingerprint density at radius 2 is 1.76 bits per heavy atom. The van der Waals surface area contributed by atoms with Crippen molar-refractivity contribution >= 4 is 17.8 Å². The minimum absolute atomic E-state index is 0.0166. The first-order valence-corrected chi connectivity index (χ1v) is 5.79. The predicted octanol–water partition coefficient (Wildman–Crippen LogP) is 0.144. The monoisotopic (exact) mass is 306 g/mol. The fourth-order valence-electron chi connectivity index (χ4n) is 1.96.